The number of aromatic nitrogens is 1. The largest absolute Gasteiger partial charge is 0.569 e. The van der Waals surface area contributed by atoms with Gasteiger partial charge in [0.15, 0.2) is 0 Å². The second kappa shape index (κ2) is 7.89. The molecule has 0 amide bonds. The highest BCUT2D eigenvalue weighted by Crippen LogP contribution is 2.38. The van der Waals surface area contributed by atoms with Crippen molar-refractivity contribution in [3.8, 4) is 39.4 Å². The lowest BCUT2D eigenvalue weighted by Gasteiger charge is -2.16. The first-order chi connectivity index (χ1) is 13.4. The van der Waals surface area contributed by atoms with Crippen molar-refractivity contribution in [3.05, 3.63) is 97.1 Å². The molecule has 0 unspecified atom stereocenters. The number of pyridine rings is 1. The Morgan fingerprint density at radius 3 is 1.63 bits per heavy atom. The van der Waals surface area contributed by atoms with E-state index in [2.05, 4.69) is 0 Å². The van der Waals surface area contributed by atoms with Crippen molar-refractivity contribution in [2.45, 2.75) is 0 Å². The maximum Gasteiger partial charge on any atom is 0.569 e. The highest BCUT2D eigenvalue weighted by molar-refractivity contribution is 6.17. The quantitative estimate of drug-likeness (QED) is 0.516. The summed E-state index contributed by atoms with van der Waals surface area (Å²) in [6.45, 7) is 0. The van der Waals surface area contributed by atoms with Crippen LogP contribution in [0.3, 0.4) is 0 Å². The molecular weight excluding hydrogens is 333 g/mol. The first kappa shape index (κ1) is 17.1. The fourth-order valence-corrected chi connectivity index (χ4v) is 3.10. The zero-order chi connectivity index (χ0) is 18.5. The Balaban J connectivity index is 1.99. The number of hydrogen-bond acceptors (Lipinski definition) is 3. The summed E-state index contributed by atoms with van der Waals surface area (Å²) < 4.78 is 5.41. The SMILES string of the molecule is O[B]Oc1cc(-c2ccccc2)c(-c2ccccc2)nc1-c1ccccc1. The Kier molecular flexibility index (Phi) is 4.99. The van der Waals surface area contributed by atoms with Crippen LogP contribution in [0, 0.1) is 0 Å². The smallest absolute Gasteiger partial charge is 0.536 e. The molecule has 0 aliphatic rings. The summed E-state index contributed by atoms with van der Waals surface area (Å²) in [4.78, 5) is 4.95. The van der Waals surface area contributed by atoms with Gasteiger partial charge in [0, 0.05) is 16.7 Å². The molecular formula is C23H17BNO2. The van der Waals surface area contributed by atoms with Gasteiger partial charge in [-0.2, -0.15) is 0 Å². The average Bonchev–Trinajstić information content (AvgIpc) is 2.75. The van der Waals surface area contributed by atoms with E-state index in [9.17, 15) is 5.02 Å². The summed E-state index contributed by atoms with van der Waals surface area (Å²) in [5.74, 6) is 0.502. The van der Waals surface area contributed by atoms with E-state index in [-0.39, 0.29) is 0 Å². The molecule has 0 atom stereocenters. The van der Waals surface area contributed by atoms with Crippen molar-refractivity contribution in [1.82, 2.24) is 4.98 Å². The van der Waals surface area contributed by atoms with Crippen molar-refractivity contribution >= 4 is 7.69 Å². The molecule has 1 heterocycles. The van der Waals surface area contributed by atoms with E-state index in [4.69, 9.17) is 9.64 Å². The second-order valence-corrected chi connectivity index (χ2v) is 6.05. The van der Waals surface area contributed by atoms with E-state index in [1.54, 1.807) is 0 Å². The topological polar surface area (TPSA) is 42.4 Å². The molecule has 1 aromatic heterocycles. The minimum atomic E-state index is 0.502. The van der Waals surface area contributed by atoms with Crippen LogP contribution < -0.4 is 4.65 Å². The van der Waals surface area contributed by atoms with Crippen molar-refractivity contribution in [1.29, 1.82) is 0 Å². The van der Waals surface area contributed by atoms with Gasteiger partial charge in [0.2, 0.25) is 0 Å². The molecule has 0 aliphatic heterocycles. The van der Waals surface area contributed by atoms with E-state index >= 15 is 0 Å². The van der Waals surface area contributed by atoms with E-state index < -0.39 is 0 Å². The van der Waals surface area contributed by atoms with Gasteiger partial charge in [-0.15, -0.1) is 0 Å². The molecule has 1 radical (unpaired) electrons. The van der Waals surface area contributed by atoms with Gasteiger partial charge in [0.1, 0.15) is 11.4 Å². The number of hydrogen-bond donors (Lipinski definition) is 1. The maximum atomic E-state index is 9.26. The van der Waals surface area contributed by atoms with Crippen LogP contribution in [0.2, 0.25) is 0 Å². The Morgan fingerprint density at radius 1 is 0.630 bits per heavy atom. The zero-order valence-corrected chi connectivity index (χ0v) is 14.6. The number of nitrogens with zero attached hydrogens (tertiary/aromatic N) is 1. The van der Waals surface area contributed by atoms with E-state index in [1.165, 1.54) is 0 Å². The highest BCUT2D eigenvalue weighted by atomic mass is 16.5. The minimum absolute atomic E-state index is 0.502. The van der Waals surface area contributed by atoms with Crippen molar-refractivity contribution in [2.75, 3.05) is 0 Å². The normalized spacial score (nSPS) is 10.4. The molecule has 129 valence electrons. The third-order valence-corrected chi connectivity index (χ3v) is 4.35. The molecule has 0 aliphatic carbocycles. The van der Waals surface area contributed by atoms with Crippen molar-refractivity contribution in [3.63, 3.8) is 0 Å². The van der Waals surface area contributed by atoms with E-state index in [1.807, 2.05) is 97.1 Å². The third-order valence-electron chi connectivity index (χ3n) is 4.35. The molecule has 0 spiro atoms. The van der Waals surface area contributed by atoms with Gasteiger partial charge < -0.3 is 9.68 Å². The van der Waals surface area contributed by atoms with Crippen molar-refractivity contribution < 1.29 is 9.68 Å². The predicted octanol–water partition coefficient (Wildman–Crippen LogP) is 4.99. The summed E-state index contributed by atoms with van der Waals surface area (Å²) in [6, 6.07) is 31.9. The van der Waals surface area contributed by atoms with Gasteiger partial charge in [-0.3, -0.25) is 0 Å². The minimum Gasteiger partial charge on any atom is -0.536 e. The van der Waals surface area contributed by atoms with Gasteiger partial charge in [0.05, 0.1) is 5.69 Å². The van der Waals surface area contributed by atoms with Gasteiger partial charge in [0.25, 0.3) is 0 Å². The highest BCUT2D eigenvalue weighted by Gasteiger charge is 2.17. The summed E-state index contributed by atoms with van der Waals surface area (Å²) in [6.07, 6.45) is 0. The lowest BCUT2D eigenvalue weighted by Crippen LogP contribution is -2.04. The maximum absolute atomic E-state index is 9.26. The van der Waals surface area contributed by atoms with Crippen LogP contribution >= 0.6 is 0 Å². The predicted molar refractivity (Wildman–Crippen MR) is 109 cm³/mol. The number of rotatable bonds is 5. The fourth-order valence-electron chi connectivity index (χ4n) is 3.10. The molecule has 4 rings (SSSR count). The number of benzene rings is 3. The van der Waals surface area contributed by atoms with E-state index in [0.717, 1.165) is 27.9 Å². The summed E-state index contributed by atoms with van der Waals surface area (Å²) in [7, 11) is 0.695. The standard InChI is InChI=1S/C23H17BNO2/c26-24-27-21-16-20(17-10-4-1-5-11-17)22(18-12-6-2-7-13-18)25-23(21)19-14-8-3-9-15-19/h1-16,26H. The first-order valence-electron chi connectivity index (χ1n) is 8.70. The van der Waals surface area contributed by atoms with Crippen LogP contribution in [-0.4, -0.2) is 17.7 Å². The Hall–Kier alpha value is -3.37. The Labute approximate surface area is 159 Å². The first-order valence-corrected chi connectivity index (χ1v) is 8.70. The molecule has 0 saturated heterocycles. The fraction of sp³-hybridized carbons (Fsp3) is 0. The second-order valence-electron chi connectivity index (χ2n) is 6.05. The molecule has 4 aromatic rings. The monoisotopic (exact) mass is 350 g/mol. The molecule has 0 fully saturated rings. The van der Waals surface area contributed by atoms with E-state index in [0.29, 0.717) is 19.1 Å². The molecule has 0 saturated carbocycles. The van der Waals surface area contributed by atoms with Crippen molar-refractivity contribution in [2.24, 2.45) is 0 Å². The molecule has 3 nitrogen and oxygen atoms in total. The van der Waals surface area contributed by atoms with Crippen LogP contribution in [0.25, 0.3) is 33.6 Å². The van der Waals surface area contributed by atoms with Gasteiger partial charge >= 0.3 is 7.69 Å². The van der Waals surface area contributed by atoms with Crippen LogP contribution in [-0.2, 0) is 0 Å². The Bertz CT molecular complexity index is 1020. The average molecular weight is 350 g/mol. The Morgan fingerprint density at radius 2 is 1.11 bits per heavy atom. The zero-order valence-electron chi connectivity index (χ0n) is 14.6. The van der Waals surface area contributed by atoms with Crippen LogP contribution in [0.1, 0.15) is 0 Å². The van der Waals surface area contributed by atoms with Gasteiger partial charge in [-0.1, -0.05) is 91.0 Å². The summed E-state index contributed by atoms with van der Waals surface area (Å²) >= 11 is 0. The van der Waals surface area contributed by atoms with Crippen LogP contribution in [0.5, 0.6) is 5.75 Å². The summed E-state index contributed by atoms with van der Waals surface area (Å²) in [5, 5.41) is 9.26. The van der Waals surface area contributed by atoms with Gasteiger partial charge in [-0.05, 0) is 11.6 Å². The van der Waals surface area contributed by atoms with Gasteiger partial charge in [-0.25, -0.2) is 4.98 Å². The molecule has 1 N–H and O–H groups in total. The molecule has 3 aromatic carbocycles. The molecule has 27 heavy (non-hydrogen) atoms. The molecule has 4 heteroatoms. The summed E-state index contributed by atoms with van der Waals surface area (Å²) in [5.41, 5.74) is 5.47. The van der Waals surface area contributed by atoms with Crippen LogP contribution in [0.4, 0.5) is 0 Å². The third kappa shape index (κ3) is 3.61. The van der Waals surface area contributed by atoms with Crippen LogP contribution in [0.15, 0.2) is 97.1 Å². The lowest BCUT2D eigenvalue weighted by molar-refractivity contribution is 0.454. The lowest BCUT2D eigenvalue weighted by atomic mass is 9.97. The molecule has 0 bridgehead atoms.